The molecule has 0 unspecified atom stereocenters. The van der Waals surface area contributed by atoms with Crippen molar-refractivity contribution < 1.29 is 22.7 Å². The average molecular weight is 530 g/mol. The highest BCUT2D eigenvalue weighted by atomic mass is 79.9. The number of ether oxygens (including phenoxy) is 1. The third-order valence-corrected chi connectivity index (χ3v) is 5.03. The Balaban J connectivity index is 1.49. The monoisotopic (exact) mass is 529 g/mol. The minimum Gasteiger partial charge on any atom is -0.406 e. The summed E-state index contributed by atoms with van der Waals surface area (Å²) >= 11 is 4.39. The first-order valence-corrected chi connectivity index (χ1v) is 10.5. The molecule has 0 atom stereocenters. The van der Waals surface area contributed by atoms with E-state index >= 15 is 0 Å². The van der Waals surface area contributed by atoms with E-state index in [4.69, 9.17) is 5.84 Å². The summed E-state index contributed by atoms with van der Waals surface area (Å²) in [6.07, 6.45) is -3.21. The highest BCUT2D eigenvalue weighted by Gasteiger charge is 2.30. The number of nitrogens with one attached hydrogen (secondary N) is 2. The quantitative estimate of drug-likeness (QED) is 0.175. The summed E-state index contributed by atoms with van der Waals surface area (Å²) in [7, 11) is 0. The SMILES string of the molecule is Nn1c(N/N=C/c2cccc(Br)c2)nnc1SCC(=O)Nc1ccc(OC(F)(F)F)cc1. The normalized spacial score (nSPS) is 11.5. The maximum Gasteiger partial charge on any atom is 0.573 e. The van der Waals surface area contributed by atoms with Gasteiger partial charge in [-0.3, -0.25) is 4.79 Å². The summed E-state index contributed by atoms with van der Waals surface area (Å²) in [5.74, 6) is 5.21. The molecule has 0 aliphatic heterocycles. The van der Waals surface area contributed by atoms with Gasteiger partial charge in [0, 0.05) is 10.2 Å². The van der Waals surface area contributed by atoms with Crippen molar-refractivity contribution in [2.75, 3.05) is 22.3 Å². The van der Waals surface area contributed by atoms with Crippen molar-refractivity contribution in [3.05, 3.63) is 58.6 Å². The van der Waals surface area contributed by atoms with Crippen molar-refractivity contribution in [1.82, 2.24) is 14.9 Å². The van der Waals surface area contributed by atoms with Gasteiger partial charge >= 0.3 is 6.36 Å². The van der Waals surface area contributed by atoms with Crippen LogP contribution < -0.4 is 21.3 Å². The number of carbonyl (C=O) groups is 1. The third-order valence-electron chi connectivity index (χ3n) is 3.60. The van der Waals surface area contributed by atoms with Crippen LogP contribution in [0.4, 0.5) is 24.8 Å². The molecule has 1 heterocycles. The largest absolute Gasteiger partial charge is 0.573 e. The first kappa shape index (κ1) is 23.4. The Bertz CT molecular complexity index is 1110. The lowest BCUT2D eigenvalue weighted by atomic mass is 10.2. The van der Waals surface area contributed by atoms with E-state index in [1.54, 1.807) is 6.21 Å². The molecule has 0 fully saturated rings. The van der Waals surface area contributed by atoms with E-state index < -0.39 is 12.3 Å². The summed E-state index contributed by atoms with van der Waals surface area (Å²) in [6.45, 7) is 0. The number of hydrogen-bond acceptors (Lipinski definition) is 8. The lowest BCUT2D eigenvalue weighted by molar-refractivity contribution is -0.274. The summed E-state index contributed by atoms with van der Waals surface area (Å²) in [5.41, 5.74) is 3.82. The summed E-state index contributed by atoms with van der Waals surface area (Å²) in [5, 5.41) is 14.6. The van der Waals surface area contributed by atoms with Gasteiger partial charge in [-0.2, -0.15) is 5.10 Å². The second-order valence-electron chi connectivity index (χ2n) is 6.01. The number of amides is 1. The number of anilines is 2. The number of carbonyl (C=O) groups excluding carboxylic acids is 1. The van der Waals surface area contributed by atoms with Crippen molar-refractivity contribution in [3.8, 4) is 5.75 Å². The van der Waals surface area contributed by atoms with Crippen molar-refractivity contribution in [3.63, 3.8) is 0 Å². The molecule has 14 heteroatoms. The number of hydrogen-bond donors (Lipinski definition) is 3. The molecule has 3 rings (SSSR count). The van der Waals surface area contributed by atoms with E-state index in [1.807, 2.05) is 24.3 Å². The standard InChI is InChI=1S/C18H15BrF3N7O2S/c19-12-3-1-2-11(8-12)9-24-26-16-27-28-17(29(16)23)32-10-15(30)25-13-4-6-14(7-5-13)31-18(20,21)22/h1-9H,10,23H2,(H,25,30)(H,26,27)/b24-9+. The molecule has 0 saturated heterocycles. The zero-order valence-electron chi connectivity index (χ0n) is 16.0. The van der Waals surface area contributed by atoms with Crippen LogP contribution in [0.3, 0.4) is 0 Å². The maximum absolute atomic E-state index is 12.2. The molecule has 0 aliphatic carbocycles. The van der Waals surface area contributed by atoms with Gasteiger partial charge in [-0.25, -0.2) is 10.1 Å². The maximum atomic E-state index is 12.2. The van der Waals surface area contributed by atoms with Crippen molar-refractivity contribution in [2.24, 2.45) is 5.10 Å². The van der Waals surface area contributed by atoms with Gasteiger partial charge in [-0.1, -0.05) is 39.8 Å². The third kappa shape index (κ3) is 7.16. The number of nitrogen functional groups attached to an aromatic ring is 1. The number of nitrogens with two attached hydrogens (primary N) is 1. The summed E-state index contributed by atoms with van der Waals surface area (Å²) in [4.78, 5) is 12.1. The molecule has 0 bridgehead atoms. The molecular weight excluding hydrogens is 515 g/mol. The van der Waals surface area contributed by atoms with E-state index in [9.17, 15) is 18.0 Å². The van der Waals surface area contributed by atoms with Crippen LogP contribution in [0.25, 0.3) is 0 Å². The van der Waals surface area contributed by atoms with Crippen LogP contribution in [-0.2, 0) is 4.79 Å². The minimum atomic E-state index is -4.78. The van der Waals surface area contributed by atoms with Crippen LogP contribution in [-0.4, -0.2) is 39.1 Å². The number of thioether (sulfide) groups is 1. The molecule has 32 heavy (non-hydrogen) atoms. The number of aromatic nitrogens is 3. The molecule has 4 N–H and O–H groups in total. The fourth-order valence-electron chi connectivity index (χ4n) is 2.27. The van der Waals surface area contributed by atoms with Gasteiger partial charge in [0.2, 0.25) is 11.1 Å². The number of alkyl halides is 3. The molecule has 1 aromatic heterocycles. The van der Waals surface area contributed by atoms with Crippen LogP contribution in [0.15, 0.2) is 63.3 Å². The summed E-state index contributed by atoms with van der Waals surface area (Å²) in [6, 6.07) is 12.3. The first-order valence-electron chi connectivity index (χ1n) is 8.73. The molecule has 168 valence electrons. The zero-order chi connectivity index (χ0) is 23.1. The number of halogens is 4. The second-order valence-corrected chi connectivity index (χ2v) is 7.87. The molecule has 9 nitrogen and oxygen atoms in total. The lowest BCUT2D eigenvalue weighted by Gasteiger charge is -2.09. The van der Waals surface area contributed by atoms with Crippen LogP contribution in [0.5, 0.6) is 5.75 Å². The molecule has 3 aromatic rings. The number of nitrogens with zero attached hydrogens (tertiary/aromatic N) is 4. The zero-order valence-corrected chi connectivity index (χ0v) is 18.4. The first-order chi connectivity index (χ1) is 15.2. The van der Waals surface area contributed by atoms with Gasteiger partial charge in [-0.05, 0) is 42.0 Å². The van der Waals surface area contributed by atoms with Gasteiger partial charge in [-0.15, -0.1) is 23.4 Å². The van der Waals surface area contributed by atoms with Gasteiger partial charge < -0.3 is 15.9 Å². The molecular formula is C18H15BrF3N7O2S. The van der Waals surface area contributed by atoms with Crippen LogP contribution in [0.2, 0.25) is 0 Å². The Morgan fingerprint density at radius 2 is 2.00 bits per heavy atom. The Morgan fingerprint density at radius 1 is 1.25 bits per heavy atom. The van der Waals surface area contributed by atoms with Crippen molar-refractivity contribution in [2.45, 2.75) is 11.5 Å². The molecule has 0 aliphatic rings. The number of rotatable bonds is 8. The van der Waals surface area contributed by atoms with E-state index in [0.717, 1.165) is 38.6 Å². The van der Waals surface area contributed by atoms with E-state index in [-0.39, 0.29) is 22.6 Å². The Labute approximate surface area is 192 Å². The average Bonchev–Trinajstić information content (AvgIpc) is 3.07. The Hall–Kier alpha value is -3.26. The van der Waals surface area contributed by atoms with E-state index in [1.165, 1.54) is 12.1 Å². The molecule has 0 saturated carbocycles. The highest BCUT2D eigenvalue weighted by Crippen LogP contribution is 2.24. The highest BCUT2D eigenvalue weighted by molar-refractivity contribution is 9.10. The molecule has 2 aromatic carbocycles. The predicted octanol–water partition coefficient (Wildman–Crippen LogP) is 3.83. The van der Waals surface area contributed by atoms with Crippen LogP contribution >= 0.6 is 27.7 Å². The van der Waals surface area contributed by atoms with Gasteiger partial charge in [0.15, 0.2) is 0 Å². The molecule has 0 spiro atoms. The Kier molecular flexibility index (Phi) is 7.58. The van der Waals surface area contributed by atoms with Crippen LogP contribution in [0, 0.1) is 0 Å². The molecule has 0 radical (unpaired) electrons. The van der Waals surface area contributed by atoms with E-state index in [0.29, 0.717) is 5.69 Å². The number of hydrazone groups is 1. The van der Waals surface area contributed by atoms with E-state index in [2.05, 4.69) is 46.7 Å². The second kappa shape index (κ2) is 10.4. The topological polar surface area (TPSA) is 119 Å². The fraction of sp³-hybridized carbons (Fsp3) is 0.111. The smallest absolute Gasteiger partial charge is 0.406 e. The van der Waals surface area contributed by atoms with Crippen molar-refractivity contribution >= 4 is 51.4 Å². The fourth-order valence-corrected chi connectivity index (χ4v) is 3.34. The lowest BCUT2D eigenvalue weighted by Crippen LogP contribution is -2.18. The minimum absolute atomic E-state index is 0.0581. The number of benzene rings is 2. The van der Waals surface area contributed by atoms with Gasteiger partial charge in [0.25, 0.3) is 5.95 Å². The van der Waals surface area contributed by atoms with Crippen molar-refractivity contribution in [1.29, 1.82) is 0 Å². The Morgan fingerprint density at radius 3 is 2.69 bits per heavy atom. The molecule has 1 amide bonds. The van der Waals surface area contributed by atoms with Gasteiger partial charge in [0.1, 0.15) is 5.75 Å². The van der Waals surface area contributed by atoms with Gasteiger partial charge in [0.05, 0.1) is 12.0 Å². The summed E-state index contributed by atoms with van der Waals surface area (Å²) < 4.78 is 42.4. The van der Waals surface area contributed by atoms with Crippen LogP contribution in [0.1, 0.15) is 5.56 Å². The predicted molar refractivity (Wildman–Crippen MR) is 118 cm³/mol.